The van der Waals surface area contributed by atoms with Crippen LogP contribution < -0.4 is 5.32 Å². The van der Waals surface area contributed by atoms with E-state index in [0.717, 1.165) is 17.3 Å². The van der Waals surface area contributed by atoms with Crippen LogP contribution in [0.4, 0.5) is 5.69 Å². The average molecular weight is 376 g/mol. The summed E-state index contributed by atoms with van der Waals surface area (Å²) < 4.78 is 5.50. The van der Waals surface area contributed by atoms with Crippen LogP contribution in [0.15, 0.2) is 52.1 Å². The van der Waals surface area contributed by atoms with Crippen molar-refractivity contribution in [3.8, 4) is 17.2 Å². The normalized spacial score (nSPS) is 10.6. The van der Waals surface area contributed by atoms with Crippen LogP contribution in [0.5, 0.6) is 5.75 Å². The van der Waals surface area contributed by atoms with Crippen LogP contribution in [0.2, 0.25) is 5.02 Å². The van der Waals surface area contributed by atoms with E-state index in [2.05, 4.69) is 15.5 Å². The Labute approximate surface area is 153 Å². The molecule has 25 heavy (non-hydrogen) atoms. The fraction of sp³-hybridized carbons (Fsp3) is 0.118. The van der Waals surface area contributed by atoms with Gasteiger partial charge in [-0.25, -0.2) is 0 Å². The highest BCUT2D eigenvalue weighted by atomic mass is 35.5. The van der Waals surface area contributed by atoms with Crippen molar-refractivity contribution in [1.82, 2.24) is 10.2 Å². The number of carbonyl (C=O) groups is 1. The molecule has 6 nitrogen and oxygen atoms in total. The molecule has 0 saturated carbocycles. The van der Waals surface area contributed by atoms with Gasteiger partial charge in [0, 0.05) is 16.3 Å². The number of aryl methyl sites for hydroxylation is 1. The minimum Gasteiger partial charge on any atom is -0.508 e. The first-order valence-corrected chi connectivity index (χ1v) is 8.69. The summed E-state index contributed by atoms with van der Waals surface area (Å²) in [6.07, 6.45) is 0. The van der Waals surface area contributed by atoms with Gasteiger partial charge in [-0.3, -0.25) is 4.79 Å². The molecule has 0 unspecified atom stereocenters. The summed E-state index contributed by atoms with van der Waals surface area (Å²) in [6, 6.07) is 11.7. The average Bonchev–Trinajstić information content (AvgIpc) is 3.06. The van der Waals surface area contributed by atoms with E-state index in [1.54, 1.807) is 24.3 Å². The highest BCUT2D eigenvalue weighted by Gasteiger charge is 2.11. The van der Waals surface area contributed by atoms with Crippen molar-refractivity contribution in [2.24, 2.45) is 0 Å². The van der Waals surface area contributed by atoms with Gasteiger partial charge in [0.25, 0.3) is 5.22 Å². The van der Waals surface area contributed by atoms with Crippen LogP contribution in [-0.4, -0.2) is 27.0 Å². The molecule has 1 amide bonds. The van der Waals surface area contributed by atoms with Gasteiger partial charge in [-0.05, 0) is 48.9 Å². The molecule has 0 fully saturated rings. The van der Waals surface area contributed by atoms with Gasteiger partial charge >= 0.3 is 0 Å². The number of hydrogen-bond acceptors (Lipinski definition) is 6. The molecule has 2 aromatic carbocycles. The Morgan fingerprint density at radius 3 is 2.72 bits per heavy atom. The Balaban J connectivity index is 1.57. The van der Waals surface area contributed by atoms with E-state index in [4.69, 9.17) is 16.0 Å². The number of amides is 1. The molecule has 1 heterocycles. The van der Waals surface area contributed by atoms with Gasteiger partial charge < -0.3 is 14.8 Å². The Morgan fingerprint density at radius 2 is 2.00 bits per heavy atom. The molecule has 0 bridgehead atoms. The number of aromatic hydroxyl groups is 1. The number of rotatable bonds is 5. The van der Waals surface area contributed by atoms with Crippen molar-refractivity contribution in [3.63, 3.8) is 0 Å². The van der Waals surface area contributed by atoms with Gasteiger partial charge in [-0.2, -0.15) is 0 Å². The molecule has 0 atom stereocenters. The molecule has 3 aromatic rings. The van der Waals surface area contributed by atoms with E-state index in [0.29, 0.717) is 27.4 Å². The molecule has 3 rings (SSSR count). The van der Waals surface area contributed by atoms with Gasteiger partial charge in [0.2, 0.25) is 11.8 Å². The summed E-state index contributed by atoms with van der Waals surface area (Å²) in [7, 11) is 0. The maximum atomic E-state index is 12.0. The summed E-state index contributed by atoms with van der Waals surface area (Å²) in [5, 5.41) is 20.8. The minimum atomic E-state index is -0.200. The van der Waals surface area contributed by atoms with Crippen LogP contribution in [0.3, 0.4) is 0 Å². The third kappa shape index (κ3) is 4.52. The molecular formula is C17H14ClN3O3S. The van der Waals surface area contributed by atoms with Crippen LogP contribution >= 0.6 is 23.4 Å². The summed E-state index contributed by atoms with van der Waals surface area (Å²) in [5.41, 5.74) is 2.27. The van der Waals surface area contributed by atoms with Crippen molar-refractivity contribution in [1.29, 1.82) is 0 Å². The number of carbonyl (C=O) groups excluding carboxylic acids is 1. The zero-order valence-corrected chi connectivity index (χ0v) is 14.8. The highest BCUT2D eigenvalue weighted by Crippen LogP contribution is 2.25. The molecule has 0 aliphatic carbocycles. The Kier molecular flexibility index (Phi) is 5.25. The van der Waals surface area contributed by atoms with E-state index in [1.165, 1.54) is 12.1 Å². The van der Waals surface area contributed by atoms with Crippen LogP contribution in [0.25, 0.3) is 11.5 Å². The lowest BCUT2D eigenvalue weighted by atomic mass is 10.2. The number of benzene rings is 2. The number of thioether (sulfide) groups is 1. The maximum absolute atomic E-state index is 12.0. The van der Waals surface area contributed by atoms with Crippen LogP contribution in [-0.2, 0) is 4.79 Å². The number of anilines is 1. The van der Waals surface area contributed by atoms with E-state index < -0.39 is 0 Å². The molecule has 0 aliphatic heterocycles. The molecule has 0 radical (unpaired) electrons. The molecule has 2 N–H and O–H groups in total. The first-order chi connectivity index (χ1) is 12.0. The van der Waals surface area contributed by atoms with Gasteiger partial charge in [0.15, 0.2) is 0 Å². The van der Waals surface area contributed by atoms with Crippen molar-refractivity contribution in [2.45, 2.75) is 12.1 Å². The second-order valence-corrected chi connectivity index (χ2v) is 6.55. The quantitative estimate of drug-likeness (QED) is 0.652. The number of nitrogens with one attached hydrogen (secondary N) is 1. The number of phenols is 1. The minimum absolute atomic E-state index is 0.128. The topological polar surface area (TPSA) is 88.2 Å². The van der Waals surface area contributed by atoms with Crippen molar-refractivity contribution < 1.29 is 14.3 Å². The molecule has 0 saturated heterocycles. The number of halogens is 1. The van der Waals surface area contributed by atoms with Crippen LogP contribution in [0, 0.1) is 6.92 Å². The van der Waals surface area contributed by atoms with E-state index in [1.807, 2.05) is 13.0 Å². The monoisotopic (exact) mass is 375 g/mol. The predicted molar refractivity (Wildman–Crippen MR) is 96.9 cm³/mol. The van der Waals surface area contributed by atoms with Gasteiger partial charge in [0.1, 0.15) is 5.75 Å². The summed E-state index contributed by atoms with van der Waals surface area (Å²) in [4.78, 5) is 12.0. The second kappa shape index (κ2) is 7.58. The molecule has 8 heteroatoms. The van der Waals surface area contributed by atoms with E-state index in [-0.39, 0.29) is 17.4 Å². The summed E-state index contributed by atoms with van der Waals surface area (Å²) in [5.74, 6) is 0.413. The lowest BCUT2D eigenvalue weighted by Crippen LogP contribution is -2.14. The first-order valence-electron chi connectivity index (χ1n) is 7.33. The third-order valence-electron chi connectivity index (χ3n) is 3.30. The summed E-state index contributed by atoms with van der Waals surface area (Å²) in [6.45, 7) is 1.89. The Bertz CT molecular complexity index is 896. The largest absolute Gasteiger partial charge is 0.508 e. The molecular weight excluding hydrogens is 362 g/mol. The van der Waals surface area contributed by atoms with Crippen molar-refractivity contribution in [3.05, 3.63) is 53.1 Å². The lowest BCUT2D eigenvalue weighted by Gasteiger charge is -2.05. The fourth-order valence-electron chi connectivity index (χ4n) is 1.98. The molecule has 0 spiro atoms. The number of aromatic nitrogens is 2. The van der Waals surface area contributed by atoms with Gasteiger partial charge in [0.05, 0.1) is 5.75 Å². The zero-order chi connectivity index (χ0) is 17.8. The number of phenolic OH excluding ortho intramolecular Hbond substituents is 1. The van der Waals surface area contributed by atoms with Crippen molar-refractivity contribution in [2.75, 3.05) is 11.1 Å². The SMILES string of the molecule is Cc1ccc(NC(=O)CSc2nnc(-c3ccc(O)cc3)o2)cc1Cl. The first kappa shape index (κ1) is 17.3. The summed E-state index contributed by atoms with van der Waals surface area (Å²) >= 11 is 7.17. The standard InChI is InChI=1S/C17H14ClN3O3S/c1-10-2-5-12(8-14(10)18)19-15(23)9-25-17-21-20-16(24-17)11-3-6-13(22)7-4-11/h2-8,22H,9H2,1H3,(H,19,23). The van der Waals surface area contributed by atoms with E-state index in [9.17, 15) is 9.90 Å². The smallest absolute Gasteiger partial charge is 0.277 e. The lowest BCUT2D eigenvalue weighted by molar-refractivity contribution is -0.113. The van der Waals surface area contributed by atoms with E-state index >= 15 is 0 Å². The predicted octanol–water partition coefficient (Wildman–Crippen LogP) is 4.13. The maximum Gasteiger partial charge on any atom is 0.277 e. The fourth-order valence-corrected chi connectivity index (χ4v) is 2.73. The van der Waals surface area contributed by atoms with Crippen molar-refractivity contribution >= 4 is 35.0 Å². The number of hydrogen-bond donors (Lipinski definition) is 2. The van der Waals surface area contributed by atoms with Gasteiger partial charge in [-0.15, -0.1) is 10.2 Å². The molecule has 128 valence electrons. The Hall–Kier alpha value is -2.51. The molecule has 0 aliphatic rings. The zero-order valence-electron chi connectivity index (χ0n) is 13.2. The van der Waals surface area contributed by atoms with Gasteiger partial charge in [-0.1, -0.05) is 29.4 Å². The molecule has 1 aromatic heterocycles. The second-order valence-electron chi connectivity index (χ2n) is 5.22. The third-order valence-corrected chi connectivity index (χ3v) is 4.53. The Morgan fingerprint density at radius 1 is 1.24 bits per heavy atom. The highest BCUT2D eigenvalue weighted by molar-refractivity contribution is 7.99. The number of nitrogens with zero attached hydrogens (tertiary/aromatic N) is 2. The van der Waals surface area contributed by atoms with Crippen LogP contribution in [0.1, 0.15) is 5.56 Å².